The summed E-state index contributed by atoms with van der Waals surface area (Å²) in [5, 5.41) is 8.96. The van der Waals surface area contributed by atoms with Gasteiger partial charge in [0.2, 0.25) is 10.0 Å². The summed E-state index contributed by atoms with van der Waals surface area (Å²) in [7, 11) is -3.86. The van der Waals surface area contributed by atoms with E-state index in [0.29, 0.717) is 15.9 Å². The van der Waals surface area contributed by atoms with E-state index in [1.54, 1.807) is 11.0 Å². The molecular weight excluding hydrogens is 507 g/mol. The number of aromatic nitrogens is 1. The fourth-order valence-corrected chi connectivity index (χ4v) is 5.32. The summed E-state index contributed by atoms with van der Waals surface area (Å²) in [6, 6.07) is 6.81. The Morgan fingerprint density at radius 3 is 2.39 bits per heavy atom. The highest BCUT2D eigenvalue weighted by Gasteiger charge is 2.32. The first-order chi connectivity index (χ1) is 14.4. The van der Waals surface area contributed by atoms with Crippen LogP contribution in [-0.2, 0) is 21.2 Å². The third-order valence-corrected chi connectivity index (χ3v) is 6.78. The zero-order valence-corrected chi connectivity index (χ0v) is 18.2. The molecule has 1 N–H and O–H groups in total. The molecule has 1 aromatic carbocycles. The lowest BCUT2D eigenvalue weighted by Crippen LogP contribution is -2.48. The van der Waals surface area contributed by atoms with Gasteiger partial charge in [0, 0.05) is 30.7 Å². The Balaban J connectivity index is 1.69. The molecule has 31 heavy (non-hydrogen) atoms. The summed E-state index contributed by atoms with van der Waals surface area (Å²) < 4.78 is 68.3. The van der Waals surface area contributed by atoms with Crippen molar-refractivity contribution in [3.8, 4) is 5.75 Å². The summed E-state index contributed by atoms with van der Waals surface area (Å²) in [6.07, 6.45) is -4.16. The van der Waals surface area contributed by atoms with Gasteiger partial charge in [-0.05, 0) is 35.9 Å². The normalized spacial score (nSPS) is 15.7. The van der Waals surface area contributed by atoms with E-state index in [4.69, 9.17) is 5.11 Å². The first-order valence-electron chi connectivity index (χ1n) is 8.92. The summed E-state index contributed by atoms with van der Waals surface area (Å²) in [5.74, 6) is -1.11. The molecule has 1 fully saturated rings. The number of hydrogen-bond donors (Lipinski definition) is 1. The second kappa shape index (κ2) is 9.01. The molecule has 1 aliphatic heterocycles. The maximum atomic E-state index is 13.0. The SMILES string of the molecule is O=C(O)Cc1cc(Br)cc(S(=O)(=O)N2CCN(c3ccc(OC(F)(F)F)cn3)CC2)c1. The topological polar surface area (TPSA) is 100 Å². The predicted octanol–water partition coefficient (Wildman–Crippen LogP) is 2.88. The molecule has 0 bridgehead atoms. The predicted molar refractivity (Wildman–Crippen MR) is 107 cm³/mol. The van der Waals surface area contributed by atoms with Gasteiger partial charge < -0.3 is 14.7 Å². The van der Waals surface area contributed by atoms with Crippen molar-refractivity contribution in [2.75, 3.05) is 31.1 Å². The standard InChI is InChI=1S/C18H17BrF3N3O5S/c19-13-7-12(9-17(26)27)8-15(10-13)31(28,29)25-5-3-24(4-6-25)16-2-1-14(11-23-16)30-18(20,21)22/h1-2,7-8,10-11H,3-6,9H2,(H,26,27). The van der Waals surface area contributed by atoms with Crippen molar-refractivity contribution in [1.29, 1.82) is 0 Å². The van der Waals surface area contributed by atoms with Gasteiger partial charge >= 0.3 is 12.3 Å². The summed E-state index contributed by atoms with van der Waals surface area (Å²) in [5.41, 5.74) is 0.351. The molecule has 0 unspecified atom stereocenters. The number of sulfonamides is 1. The van der Waals surface area contributed by atoms with Crippen LogP contribution in [0.25, 0.3) is 0 Å². The molecule has 0 spiro atoms. The number of ether oxygens (including phenoxy) is 1. The van der Waals surface area contributed by atoms with Crippen molar-refractivity contribution >= 4 is 37.7 Å². The number of piperazine rings is 1. The number of anilines is 1. The Morgan fingerprint density at radius 2 is 1.84 bits per heavy atom. The van der Waals surface area contributed by atoms with Crippen LogP contribution in [0.3, 0.4) is 0 Å². The van der Waals surface area contributed by atoms with Crippen molar-refractivity contribution in [2.24, 2.45) is 0 Å². The van der Waals surface area contributed by atoms with Crippen LogP contribution in [0.15, 0.2) is 45.9 Å². The number of pyridine rings is 1. The molecule has 1 aromatic heterocycles. The van der Waals surface area contributed by atoms with Crippen LogP contribution < -0.4 is 9.64 Å². The molecule has 1 aliphatic rings. The largest absolute Gasteiger partial charge is 0.573 e. The van der Waals surface area contributed by atoms with Gasteiger partial charge in [-0.25, -0.2) is 13.4 Å². The van der Waals surface area contributed by atoms with E-state index < -0.39 is 28.1 Å². The average Bonchev–Trinajstić information content (AvgIpc) is 2.66. The highest BCUT2D eigenvalue weighted by Crippen LogP contribution is 2.26. The fourth-order valence-electron chi connectivity index (χ4n) is 3.11. The number of rotatable bonds is 6. The van der Waals surface area contributed by atoms with Gasteiger partial charge in [-0.1, -0.05) is 15.9 Å². The first-order valence-corrected chi connectivity index (χ1v) is 11.2. The third-order valence-electron chi connectivity index (χ3n) is 4.44. The zero-order chi connectivity index (χ0) is 22.8. The Morgan fingerprint density at radius 1 is 1.16 bits per heavy atom. The van der Waals surface area contributed by atoms with E-state index in [9.17, 15) is 26.4 Å². The number of carboxylic acid groups (broad SMARTS) is 1. The van der Waals surface area contributed by atoms with E-state index in [1.807, 2.05) is 0 Å². The number of benzene rings is 1. The lowest BCUT2D eigenvalue weighted by Gasteiger charge is -2.34. The molecule has 8 nitrogen and oxygen atoms in total. The summed E-state index contributed by atoms with van der Waals surface area (Å²) in [4.78, 5) is 16.6. The maximum Gasteiger partial charge on any atom is 0.573 e. The minimum Gasteiger partial charge on any atom is -0.481 e. The van der Waals surface area contributed by atoms with E-state index in [2.05, 4.69) is 25.7 Å². The molecule has 0 amide bonds. The Kier molecular flexibility index (Phi) is 6.76. The molecule has 3 rings (SSSR count). The van der Waals surface area contributed by atoms with E-state index >= 15 is 0 Å². The van der Waals surface area contributed by atoms with Crippen molar-refractivity contribution in [3.05, 3.63) is 46.6 Å². The second-order valence-electron chi connectivity index (χ2n) is 6.66. The first kappa shape index (κ1) is 23.3. The zero-order valence-electron chi connectivity index (χ0n) is 15.8. The quantitative estimate of drug-likeness (QED) is 0.621. The molecule has 13 heteroatoms. The van der Waals surface area contributed by atoms with Gasteiger partial charge in [0.15, 0.2) is 0 Å². The van der Waals surface area contributed by atoms with Gasteiger partial charge in [-0.15, -0.1) is 13.2 Å². The van der Waals surface area contributed by atoms with Crippen LogP contribution in [-0.4, -0.2) is 61.3 Å². The number of alkyl halides is 3. The van der Waals surface area contributed by atoms with Crippen molar-refractivity contribution in [2.45, 2.75) is 17.7 Å². The molecule has 168 valence electrons. The molecule has 2 heterocycles. The van der Waals surface area contributed by atoms with Crippen LogP contribution in [0.4, 0.5) is 19.0 Å². The Hall–Kier alpha value is -2.38. The minimum atomic E-state index is -4.81. The molecule has 2 aromatic rings. The van der Waals surface area contributed by atoms with Gasteiger partial charge in [-0.2, -0.15) is 4.31 Å². The van der Waals surface area contributed by atoms with Crippen molar-refractivity contribution in [3.63, 3.8) is 0 Å². The molecular formula is C18H17BrF3N3O5S. The number of carbonyl (C=O) groups is 1. The smallest absolute Gasteiger partial charge is 0.481 e. The number of aliphatic carboxylic acids is 1. The lowest BCUT2D eigenvalue weighted by molar-refractivity contribution is -0.274. The molecule has 0 radical (unpaired) electrons. The van der Waals surface area contributed by atoms with Crippen molar-refractivity contribution < 1.29 is 36.2 Å². The average molecular weight is 524 g/mol. The highest BCUT2D eigenvalue weighted by molar-refractivity contribution is 9.10. The van der Waals surface area contributed by atoms with Gasteiger partial charge in [0.25, 0.3) is 0 Å². The van der Waals surface area contributed by atoms with Gasteiger partial charge in [0.05, 0.1) is 17.5 Å². The monoisotopic (exact) mass is 523 g/mol. The van der Waals surface area contributed by atoms with Crippen LogP contribution >= 0.6 is 15.9 Å². The molecule has 0 atom stereocenters. The number of hydrogen-bond acceptors (Lipinski definition) is 6. The Bertz CT molecular complexity index is 1060. The second-order valence-corrected chi connectivity index (χ2v) is 9.51. The van der Waals surface area contributed by atoms with Gasteiger partial charge in [-0.3, -0.25) is 4.79 Å². The molecule has 1 saturated heterocycles. The minimum absolute atomic E-state index is 0.0154. The number of carboxylic acids is 1. The van der Waals surface area contributed by atoms with Crippen LogP contribution in [0.5, 0.6) is 5.75 Å². The lowest BCUT2D eigenvalue weighted by atomic mass is 10.2. The number of nitrogens with zero attached hydrogens (tertiary/aromatic N) is 3. The van der Waals surface area contributed by atoms with Crippen molar-refractivity contribution in [1.82, 2.24) is 9.29 Å². The van der Waals surface area contributed by atoms with E-state index in [1.165, 1.54) is 22.5 Å². The van der Waals surface area contributed by atoms with Crippen LogP contribution in [0, 0.1) is 0 Å². The van der Waals surface area contributed by atoms with Crippen LogP contribution in [0.2, 0.25) is 0 Å². The maximum absolute atomic E-state index is 13.0. The summed E-state index contributed by atoms with van der Waals surface area (Å²) in [6.45, 7) is 0.820. The molecule has 0 aliphatic carbocycles. The third kappa shape index (κ3) is 6.08. The highest BCUT2D eigenvalue weighted by atomic mass is 79.9. The Labute approximate surface area is 184 Å². The number of halogens is 4. The van der Waals surface area contributed by atoms with E-state index in [0.717, 1.165) is 12.3 Å². The summed E-state index contributed by atoms with van der Waals surface area (Å²) >= 11 is 3.21. The molecule has 0 saturated carbocycles. The van der Waals surface area contributed by atoms with E-state index in [-0.39, 0.29) is 37.5 Å². The fraction of sp³-hybridized carbons (Fsp3) is 0.333. The van der Waals surface area contributed by atoms with Gasteiger partial charge in [0.1, 0.15) is 11.6 Å². The van der Waals surface area contributed by atoms with Crippen LogP contribution in [0.1, 0.15) is 5.56 Å².